The van der Waals surface area contributed by atoms with E-state index < -0.39 is 0 Å². The van der Waals surface area contributed by atoms with E-state index in [1.54, 1.807) is 0 Å². The molecule has 5 rings (SSSR count). The van der Waals surface area contributed by atoms with Gasteiger partial charge in [-0.05, 0) is 49.1 Å². The Kier molecular flexibility index (Phi) is 5.89. The first kappa shape index (κ1) is 20.1. The van der Waals surface area contributed by atoms with Crippen LogP contribution in [0.25, 0.3) is 10.9 Å². The fourth-order valence-electron chi connectivity index (χ4n) is 4.66. The van der Waals surface area contributed by atoms with Crippen LogP contribution >= 0.6 is 0 Å². The van der Waals surface area contributed by atoms with Crippen LogP contribution in [0.15, 0.2) is 54.7 Å². The topological polar surface area (TPSA) is 61.7 Å². The maximum absolute atomic E-state index is 9.41. The molecule has 2 aliphatic rings. The van der Waals surface area contributed by atoms with E-state index in [0.717, 1.165) is 74.8 Å². The minimum absolute atomic E-state index is 0.167. The summed E-state index contributed by atoms with van der Waals surface area (Å²) >= 11 is 0. The van der Waals surface area contributed by atoms with Crippen LogP contribution in [0.5, 0.6) is 5.88 Å². The zero-order valence-electron chi connectivity index (χ0n) is 17.9. The first-order chi connectivity index (χ1) is 15.3. The number of piperidine rings is 2. The number of nitrogens with zero attached hydrogens (tertiary/aromatic N) is 4. The first-order valence-electron chi connectivity index (χ1n) is 11.4. The summed E-state index contributed by atoms with van der Waals surface area (Å²) in [7, 11) is 0. The van der Waals surface area contributed by atoms with Crippen molar-refractivity contribution in [3.63, 3.8) is 0 Å². The smallest absolute Gasteiger partial charge is 0.237 e. The monoisotopic (exact) mass is 418 g/mol. The minimum Gasteiger partial charge on any atom is -0.473 e. The molecule has 0 bridgehead atoms. The Balaban J connectivity index is 1.22. The second-order valence-electron chi connectivity index (χ2n) is 8.61. The van der Waals surface area contributed by atoms with Gasteiger partial charge in [-0.1, -0.05) is 18.2 Å². The summed E-state index contributed by atoms with van der Waals surface area (Å²) in [5, 5.41) is 10.6. The maximum Gasteiger partial charge on any atom is 0.237 e. The van der Waals surface area contributed by atoms with Crippen molar-refractivity contribution in [3.05, 3.63) is 54.7 Å². The summed E-state index contributed by atoms with van der Waals surface area (Å²) in [4.78, 5) is 14.1. The molecule has 6 heteroatoms. The van der Waals surface area contributed by atoms with Gasteiger partial charge in [-0.15, -0.1) is 0 Å². The number of fused-ring (bicyclic) bond motifs is 1. The SMILES string of the molecule is OCC1CCN(c2cccnc2OC2CCN(c3ccc4ccccc4n3)CC2)CC1. The van der Waals surface area contributed by atoms with E-state index in [-0.39, 0.29) is 12.7 Å². The van der Waals surface area contributed by atoms with Crippen LogP contribution in [-0.2, 0) is 0 Å². The summed E-state index contributed by atoms with van der Waals surface area (Å²) in [6, 6.07) is 16.6. The molecular weight excluding hydrogens is 388 g/mol. The highest BCUT2D eigenvalue weighted by molar-refractivity contribution is 5.80. The fourth-order valence-corrected chi connectivity index (χ4v) is 4.66. The van der Waals surface area contributed by atoms with Crippen LogP contribution in [0.2, 0.25) is 0 Å². The number of para-hydroxylation sites is 1. The van der Waals surface area contributed by atoms with Crippen LogP contribution in [0.3, 0.4) is 0 Å². The predicted molar refractivity (Wildman–Crippen MR) is 124 cm³/mol. The predicted octanol–water partition coefficient (Wildman–Crippen LogP) is 3.89. The summed E-state index contributed by atoms with van der Waals surface area (Å²) in [5.41, 5.74) is 2.12. The third-order valence-corrected chi connectivity index (χ3v) is 6.59. The Hall–Kier alpha value is -2.86. The van der Waals surface area contributed by atoms with E-state index in [9.17, 15) is 5.11 Å². The van der Waals surface area contributed by atoms with Crippen molar-refractivity contribution in [2.45, 2.75) is 31.8 Å². The minimum atomic E-state index is 0.167. The Bertz CT molecular complexity index is 1010. The highest BCUT2D eigenvalue weighted by atomic mass is 16.5. The molecule has 0 unspecified atom stereocenters. The van der Waals surface area contributed by atoms with E-state index in [2.05, 4.69) is 45.1 Å². The molecule has 0 aliphatic carbocycles. The van der Waals surface area contributed by atoms with Gasteiger partial charge >= 0.3 is 0 Å². The van der Waals surface area contributed by atoms with E-state index in [1.165, 1.54) is 5.39 Å². The molecule has 2 aliphatic heterocycles. The molecule has 0 spiro atoms. The number of aliphatic hydroxyl groups excluding tert-OH is 1. The molecular formula is C25H30N4O2. The number of rotatable bonds is 5. The third kappa shape index (κ3) is 4.44. The van der Waals surface area contributed by atoms with Crippen LogP contribution in [0.1, 0.15) is 25.7 Å². The van der Waals surface area contributed by atoms with Gasteiger partial charge in [-0.2, -0.15) is 0 Å². The van der Waals surface area contributed by atoms with Gasteiger partial charge in [-0.3, -0.25) is 0 Å². The van der Waals surface area contributed by atoms with Crippen molar-refractivity contribution >= 4 is 22.4 Å². The lowest BCUT2D eigenvalue weighted by atomic mass is 9.97. The van der Waals surface area contributed by atoms with Gasteiger partial charge in [0.05, 0.1) is 11.2 Å². The number of hydrogen-bond donors (Lipinski definition) is 1. The normalized spacial score (nSPS) is 18.5. The lowest BCUT2D eigenvalue weighted by Crippen LogP contribution is -2.39. The standard InChI is InChI=1S/C25H30N4O2/c30-18-19-9-14-28(15-10-19)23-6-3-13-26-25(23)31-21-11-16-29(17-12-21)24-8-7-20-4-1-2-5-22(20)27-24/h1-8,13,19,21,30H,9-12,14-18H2. The van der Waals surface area contributed by atoms with Crippen molar-refractivity contribution in [2.24, 2.45) is 5.92 Å². The van der Waals surface area contributed by atoms with E-state index in [1.807, 2.05) is 24.4 Å². The molecule has 2 fully saturated rings. The molecule has 162 valence electrons. The van der Waals surface area contributed by atoms with E-state index in [4.69, 9.17) is 9.72 Å². The van der Waals surface area contributed by atoms with Gasteiger partial charge in [0.25, 0.3) is 0 Å². The molecule has 31 heavy (non-hydrogen) atoms. The Morgan fingerprint density at radius 2 is 1.65 bits per heavy atom. The van der Waals surface area contributed by atoms with Gasteiger partial charge in [0, 0.05) is 57.2 Å². The van der Waals surface area contributed by atoms with Crippen molar-refractivity contribution < 1.29 is 9.84 Å². The second kappa shape index (κ2) is 9.10. The molecule has 0 saturated carbocycles. The maximum atomic E-state index is 9.41. The number of anilines is 2. The van der Waals surface area contributed by atoms with Crippen LogP contribution in [0, 0.1) is 5.92 Å². The summed E-state index contributed by atoms with van der Waals surface area (Å²) in [6.45, 7) is 4.04. The number of benzene rings is 1. The van der Waals surface area contributed by atoms with Crippen LogP contribution in [-0.4, -0.2) is 54.0 Å². The van der Waals surface area contributed by atoms with Gasteiger partial charge in [0.15, 0.2) is 0 Å². The number of hydrogen-bond acceptors (Lipinski definition) is 6. The highest BCUT2D eigenvalue weighted by Crippen LogP contribution is 2.32. The van der Waals surface area contributed by atoms with Gasteiger partial charge in [-0.25, -0.2) is 9.97 Å². The van der Waals surface area contributed by atoms with Crippen LogP contribution < -0.4 is 14.5 Å². The molecule has 2 aromatic heterocycles. The zero-order valence-corrected chi connectivity index (χ0v) is 17.9. The van der Waals surface area contributed by atoms with Crippen molar-refractivity contribution in [1.82, 2.24) is 9.97 Å². The zero-order chi connectivity index (χ0) is 21.0. The Morgan fingerprint density at radius 1 is 0.871 bits per heavy atom. The first-order valence-corrected chi connectivity index (χ1v) is 11.4. The van der Waals surface area contributed by atoms with Crippen molar-refractivity contribution in [1.29, 1.82) is 0 Å². The Morgan fingerprint density at radius 3 is 2.45 bits per heavy atom. The molecule has 3 aromatic rings. The molecule has 4 heterocycles. The molecule has 1 aromatic carbocycles. The summed E-state index contributed by atoms with van der Waals surface area (Å²) < 4.78 is 6.40. The second-order valence-corrected chi connectivity index (χ2v) is 8.61. The van der Waals surface area contributed by atoms with Gasteiger partial charge in [0.2, 0.25) is 5.88 Å². The van der Waals surface area contributed by atoms with Gasteiger partial charge in [0.1, 0.15) is 11.9 Å². The molecule has 2 saturated heterocycles. The average Bonchev–Trinajstić information content (AvgIpc) is 2.85. The number of pyridine rings is 2. The highest BCUT2D eigenvalue weighted by Gasteiger charge is 2.25. The molecule has 0 atom stereocenters. The van der Waals surface area contributed by atoms with Crippen molar-refractivity contribution in [3.8, 4) is 5.88 Å². The van der Waals surface area contributed by atoms with Gasteiger partial charge < -0.3 is 19.6 Å². The Labute approximate surface area is 183 Å². The van der Waals surface area contributed by atoms with Crippen molar-refractivity contribution in [2.75, 3.05) is 42.6 Å². The quantitative estimate of drug-likeness (QED) is 0.678. The molecule has 0 radical (unpaired) electrons. The van der Waals surface area contributed by atoms with E-state index >= 15 is 0 Å². The molecule has 6 nitrogen and oxygen atoms in total. The molecule has 0 amide bonds. The number of aliphatic hydroxyl groups is 1. The molecule has 1 N–H and O–H groups in total. The summed E-state index contributed by atoms with van der Waals surface area (Å²) in [5.74, 6) is 2.21. The number of ether oxygens (including phenoxy) is 1. The summed E-state index contributed by atoms with van der Waals surface area (Å²) in [6.07, 6.45) is 5.92. The van der Waals surface area contributed by atoms with Crippen LogP contribution in [0.4, 0.5) is 11.5 Å². The fraction of sp³-hybridized carbons (Fsp3) is 0.440. The third-order valence-electron chi connectivity index (χ3n) is 6.59. The lowest BCUT2D eigenvalue weighted by Gasteiger charge is -2.35. The van der Waals surface area contributed by atoms with E-state index in [0.29, 0.717) is 5.92 Å². The largest absolute Gasteiger partial charge is 0.473 e. The lowest BCUT2D eigenvalue weighted by molar-refractivity contribution is 0.163. The average molecular weight is 419 g/mol. The number of aromatic nitrogens is 2.